The summed E-state index contributed by atoms with van der Waals surface area (Å²) in [7, 11) is 0. The van der Waals surface area contributed by atoms with E-state index in [-0.39, 0.29) is 16.0 Å². The number of halogens is 3. The van der Waals surface area contributed by atoms with Crippen molar-refractivity contribution in [3.8, 4) is 0 Å². The fourth-order valence-corrected chi connectivity index (χ4v) is 2.45. The van der Waals surface area contributed by atoms with Crippen LogP contribution in [-0.2, 0) is 4.79 Å². The van der Waals surface area contributed by atoms with Crippen molar-refractivity contribution in [1.29, 1.82) is 0 Å². The topological polar surface area (TPSA) is 72.9 Å². The first-order valence-corrected chi connectivity index (χ1v) is 7.19. The summed E-state index contributed by atoms with van der Waals surface area (Å²) >= 11 is 18.0. The number of benzene rings is 1. The Kier molecular flexibility index (Phi) is 4.66. The first-order chi connectivity index (χ1) is 9.79. The van der Waals surface area contributed by atoms with E-state index in [1.807, 2.05) is 0 Å². The number of nitrogen functional groups attached to an aromatic ring is 1. The van der Waals surface area contributed by atoms with Crippen LogP contribution in [0.5, 0.6) is 0 Å². The number of carbonyl (C=O) groups excluding carboxylic acids is 1. The Morgan fingerprint density at radius 1 is 1.29 bits per heavy atom. The number of aromatic nitrogens is 2. The number of carbonyl (C=O) groups is 1. The Morgan fingerprint density at radius 2 is 1.86 bits per heavy atom. The second kappa shape index (κ2) is 6.13. The fourth-order valence-electron chi connectivity index (χ4n) is 1.72. The summed E-state index contributed by atoms with van der Waals surface area (Å²) in [4.78, 5) is 12.3. The number of nitrogens with two attached hydrogens (primary N) is 1. The van der Waals surface area contributed by atoms with E-state index < -0.39 is 6.04 Å². The van der Waals surface area contributed by atoms with E-state index >= 15 is 0 Å². The van der Waals surface area contributed by atoms with Crippen molar-refractivity contribution in [2.75, 3.05) is 11.1 Å². The number of amides is 1. The number of anilines is 2. The Morgan fingerprint density at radius 3 is 2.33 bits per heavy atom. The highest BCUT2D eigenvalue weighted by atomic mass is 35.5. The lowest BCUT2D eigenvalue weighted by atomic mass is 10.2. The third kappa shape index (κ3) is 3.43. The molecule has 0 radical (unpaired) electrons. The SMILES string of the molecule is Cc1nn(C(C)C(=O)Nc2c(Cl)cc(N)cc2Cl)cc1Cl. The minimum Gasteiger partial charge on any atom is -0.399 e. The predicted octanol–water partition coefficient (Wildman–Crippen LogP) is 3.93. The molecule has 5 nitrogen and oxygen atoms in total. The Bertz CT molecular complexity index is 656. The van der Waals surface area contributed by atoms with Crippen LogP contribution in [-0.4, -0.2) is 15.7 Å². The van der Waals surface area contributed by atoms with Crippen LogP contribution in [0.4, 0.5) is 11.4 Å². The largest absolute Gasteiger partial charge is 0.399 e. The minimum absolute atomic E-state index is 0.273. The lowest BCUT2D eigenvalue weighted by Gasteiger charge is -2.15. The Balaban J connectivity index is 2.22. The summed E-state index contributed by atoms with van der Waals surface area (Å²) < 4.78 is 1.48. The second-order valence-electron chi connectivity index (χ2n) is 4.57. The summed E-state index contributed by atoms with van der Waals surface area (Å²) in [5.41, 5.74) is 7.01. The van der Waals surface area contributed by atoms with Gasteiger partial charge in [-0.1, -0.05) is 34.8 Å². The van der Waals surface area contributed by atoms with E-state index in [2.05, 4.69) is 10.4 Å². The number of rotatable bonds is 3. The maximum atomic E-state index is 12.3. The summed E-state index contributed by atoms with van der Waals surface area (Å²) in [6, 6.07) is 2.46. The molecule has 0 saturated carbocycles. The zero-order chi connectivity index (χ0) is 15.7. The molecule has 0 saturated heterocycles. The van der Waals surface area contributed by atoms with Crippen molar-refractivity contribution in [3.63, 3.8) is 0 Å². The van der Waals surface area contributed by atoms with E-state index in [0.29, 0.717) is 22.1 Å². The van der Waals surface area contributed by atoms with Gasteiger partial charge in [0.15, 0.2) is 0 Å². The van der Waals surface area contributed by atoms with Gasteiger partial charge in [0, 0.05) is 11.9 Å². The number of nitrogens with zero attached hydrogens (tertiary/aromatic N) is 2. The molecule has 8 heteroatoms. The first-order valence-electron chi connectivity index (χ1n) is 6.06. The molecule has 0 spiro atoms. The van der Waals surface area contributed by atoms with E-state index in [0.717, 1.165) is 0 Å². The smallest absolute Gasteiger partial charge is 0.249 e. The number of aryl methyl sites for hydroxylation is 1. The first kappa shape index (κ1) is 15.9. The van der Waals surface area contributed by atoms with Gasteiger partial charge in [-0.05, 0) is 26.0 Å². The quantitative estimate of drug-likeness (QED) is 0.826. The van der Waals surface area contributed by atoms with Crippen LogP contribution in [0.3, 0.4) is 0 Å². The van der Waals surface area contributed by atoms with Gasteiger partial charge in [-0.25, -0.2) is 0 Å². The molecule has 1 amide bonds. The van der Waals surface area contributed by atoms with Crippen LogP contribution in [0, 0.1) is 6.92 Å². The second-order valence-corrected chi connectivity index (χ2v) is 5.79. The van der Waals surface area contributed by atoms with Gasteiger partial charge in [0.2, 0.25) is 5.91 Å². The minimum atomic E-state index is -0.569. The van der Waals surface area contributed by atoms with Gasteiger partial charge >= 0.3 is 0 Å². The molecule has 112 valence electrons. The molecule has 0 aliphatic heterocycles. The third-order valence-electron chi connectivity index (χ3n) is 2.95. The number of hydrogen-bond donors (Lipinski definition) is 2. The molecular formula is C13H13Cl3N4O. The fraction of sp³-hybridized carbons (Fsp3) is 0.231. The van der Waals surface area contributed by atoms with Crippen LogP contribution < -0.4 is 11.1 Å². The van der Waals surface area contributed by atoms with Crippen molar-refractivity contribution < 1.29 is 4.79 Å². The lowest BCUT2D eigenvalue weighted by molar-refractivity contribution is -0.119. The molecule has 1 aromatic carbocycles. The zero-order valence-corrected chi connectivity index (χ0v) is 13.6. The molecule has 0 bridgehead atoms. The zero-order valence-electron chi connectivity index (χ0n) is 11.3. The Labute approximate surface area is 137 Å². The molecule has 3 N–H and O–H groups in total. The molecule has 21 heavy (non-hydrogen) atoms. The molecule has 0 aliphatic rings. The Hall–Kier alpha value is -1.43. The van der Waals surface area contributed by atoms with E-state index in [1.165, 1.54) is 16.8 Å². The third-order valence-corrected chi connectivity index (χ3v) is 3.91. The molecule has 1 heterocycles. The summed E-state index contributed by atoms with van der Waals surface area (Å²) in [5, 5.41) is 7.89. The summed E-state index contributed by atoms with van der Waals surface area (Å²) in [5.74, 6) is -0.317. The lowest BCUT2D eigenvalue weighted by Crippen LogP contribution is -2.24. The number of hydrogen-bond acceptors (Lipinski definition) is 3. The van der Waals surface area contributed by atoms with Crippen LogP contribution in [0.2, 0.25) is 15.1 Å². The highest BCUT2D eigenvalue weighted by Crippen LogP contribution is 2.33. The van der Waals surface area contributed by atoms with Gasteiger partial charge in [0.25, 0.3) is 0 Å². The molecule has 0 aliphatic carbocycles. The maximum absolute atomic E-state index is 12.3. The molecule has 0 fully saturated rings. The monoisotopic (exact) mass is 346 g/mol. The van der Waals surface area contributed by atoms with Crippen LogP contribution in [0.25, 0.3) is 0 Å². The van der Waals surface area contributed by atoms with Crippen molar-refractivity contribution in [2.24, 2.45) is 0 Å². The standard InChI is InChI=1S/C13H13Cl3N4O/c1-6-11(16)5-20(19-6)7(2)13(21)18-12-9(14)3-8(17)4-10(12)15/h3-5,7H,17H2,1-2H3,(H,18,21). The van der Waals surface area contributed by atoms with Gasteiger partial charge in [-0.15, -0.1) is 0 Å². The normalized spacial score (nSPS) is 12.2. The van der Waals surface area contributed by atoms with Gasteiger partial charge in [0.1, 0.15) is 6.04 Å². The van der Waals surface area contributed by atoms with Crippen LogP contribution in [0.15, 0.2) is 18.3 Å². The molecule has 1 atom stereocenters. The summed E-state index contributed by atoms with van der Waals surface area (Å²) in [6.45, 7) is 3.45. The highest BCUT2D eigenvalue weighted by Gasteiger charge is 2.19. The molecular weight excluding hydrogens is 335 g/mol. The molecule has 2 aromatic rings. The van der Waals surface area contributed by atoms with Crippen molar-refractivity contribution in [3.05, 3.63) is 39.1 Å². The molecule has 2 rings (SSSR count). The average Bonchev–Trinajstić information content (AvgIpc) is 2.72. The molecule has 1 unspecified atom stereocenters. The van der Waals surface area contributed by atoms with Gasteiger partial charge in [0.05, 0.1) is 26.4 Å². The maximum Gasteiger partial charge on any atom is 0.249 e. The van der Waals surface area contributed by atoms with Crippen LogP contribution in [0.1, 0.15) is 18.7 Å². The predicted molar refractivity (Wildman–Crippen MR) is 86.2 cm³/mol. The van der Waals surface area contributed by atoms with Crippen molar-refractivity contribution >= 4 is 52.1 Å². The van der Waals surface area contributed by atoms with Gasteiger partial charge < -0.3 is 11.1 Å². The summed E-state index contributed by atoms with van der Waals surface area (Å²) in [6.07, 6.45) is 1.59. The highest BCUT2D eigenvalue weighted by molar-refractivity contribution is 6.40. The average molecular weight is 348 g/mol. The van der Waals surface area contributed by atoms with Crippen LogP contribution >= 0.6 is 34.8 Å². The molecule has 1 aromatic heterocycles. The van der Waals surface area contributed by atoms with Crippen molar-refractivity contribution in [1.82, 2.24) is 9.78 Å². The van der Waals surface area contributed by atoms with E-state index in [1.54, 1.807) is 20.0 Å². The van der Waals surface area contributed by atoms with E-state index in [4.69, 9.17) is 40.5 Å². The van der Waals surface area contributed by atoms with Gasteiger partial charge in [-0.2, -0.15) is 5.10 Å². The number of nitrogens with one attached hydrogen (secondary N) is 1. The van der Waals surface area contributed by atoms with Crippen molar-refractivity contribution in [2.45, 2.75) is 19.9 Å². The van der Waals surface area contributed by atoms with Gasteiger partial charge in [-0.3, -0.25) is 9.48 Å². The van der Waals surface area contributed by atoms with E-state index in [9.17, 15) is 4.79 Å².